The predicted molar refractivity (Wildman–Crippen MR) is 75.8 cm³/mol. The normalized spacial score (nSPS) is 18.3. The van der Waals surface area contributed by atoms with Crippen molar-refractivity contribution < 1.29 is 5.11 Å². The summed E-state index contributed by atoms with van der Waals surface area (Å²) in [5.41, 5.74) is 0. The minimum absolute atomic E-state index is 0.268. The van der Waals surface area contributed by atoms with E-state index in [1.54, 1.807) is 6.33 Å². The summed E-state index contributed by atoms with van der Waals surface area (Å²) in [5.74, 6) is 2.33. The molecule has 1 unspecified atom stereocenters. The molecule has 0 spiro atoms. The van der Waals surface area contributed by atoms with Gasteiger partial charge in [-0.1, -0.05) is 39.5 Å². The monoisotopic (exact) mass is 265 g/mol. The van der Waals surface area contributed by atoms with Crippen molar-refractivity contribution in [1.82, 2.24) is 14.8 Å². The van der Waals surface area contributed by atoms with Gasteiger partial charge in [-0.2, -0.15) is 5.10 Å². The van der Waals surface area contributed by atoms with Crippen molar-refractivity contribution in [3.63, 3.8) is 0 Å². The van der Waals surface area contributed by atoms with E-state index in [1.807, 2.05) is 4.68 Å². The largest absolute Gasteiger partial charge is 0.393 e. The molecule has 0 aliphatic heterocycles. The Hall–Kier alpha value is -0.900. The Balaban J connectivity index is 1.77. The third kappa shape index (κ3) is 4.60. The maximum Gasteiger partial charge on any atom is 0.138 e. The van der Waals surface area contributed by atoms with Gasteiger partial charge in [-0.15, -0.1) is 0 Å². The Kier molecular flexibility index (Phi) is 5.37. The molecule has 1 aromatic rings. The second-order valence-electron chi connectivity index (χ2n) is 6.34. The van der Waals surface area contributed by atoms with Crippen molar-refractivity contribution in [3.05, 3.63) is 12.2 Å². The lowest BCUT2D eigenvalue weighted by molar-refractivity contribution is 0.150. The Morgan fingerprint density at radius 2 is 2.11 bits per heavy atom. The fraction of sp³-hybridized carbons (Fsp3) is 0.867. The van der Waals surface area contributed by atoms with Gasteiger partial charge in [0.2, 0.25) is 0 Å². The van der Waals surface area contributed by atoms with Crippen LogP contribution >= 0.6 is 0 Å². The third-order valence-corrected chi connectivity index (χ3v) is 4.03. The summed E-state index contributed by atoms with van der Waals surface area (Å²) in [6.07, 6.45) is 9.51. The molecule has 0 saturated heterocycles. The van der Waals surface area contributed by atoms with Crippen LogP contribution in [0.25, 0.3) is 0 Å². The van der Waals surface area contributed by atoms with Gasteiger partial charge in [0.05, 0.1) is 6.10 Å². The highest BCUT2D eigenvalue weighted by atomic mass is 16.3. The van der Waals surface area contributed by atoms with Crippen LogP contribution in [0.15, 0.2) is 6.33 Å². The van der Waals surface area contributed by atoms with E-state index < -0.39 is 0 Å². The van der Waals surface area contributed by atoms with Crippen molar-refractivity contribution in [2.24, 2.45) is 11.8 Å². The maximum absolute atomic E-state index is 10.2. The first-order valence-electron chi connectivity index (χ1n) is 7.70. The van der Waals surface area contributed by atoms with E-state index in [0.717, 1.165) is 24.7 Å². The topological polar surface area (TPSA) is 50.9 Å². The first kappa shape index (κ1) is 14.5. The van der Waals surface area contributed by atoms with Gasteiger partial charge in [0.25, 0.3) is 0 Å². The number of rotatable bonds is 7. The number of hydrogen-bond donors (Lipinski definition) is 1. The molecule has 1 fully saturated rings. The standard InChI is InChI=1S/C15H27N3O/c1-12(2)10-18-15(16-11-17-18)9-14(19)8-7-13-5-3-4-6-13/h11-14,19H,3-10H2,1-2H3. The van der Waals surface area contributed by atoms with Gasteiger partial charge in [-0.25, -0.2) is 9.67 Å². The zero-order valence-corrected chi connectivity index (χ0v) is 12.3. The van der Waals surface area contributed by atoms with Crippen molar-refractivity contribution >= 4 is 0 Å². The highest BCUT2D eigenvalue weighted by molar-refractivity contribution is 4.88. The van der Waals surface area contributed by atoms with E-state index >= 15 is 0 Å². The average Bonchev–Trinajstić information content (AvgIpc) is 2.98. The number of aliphatic hydroxyl groups excluding tert-OH is 1. The van der Waals surface area contributed by atoms with Gasteiger partial charge < -0.3 is 5.11 Å². The first-order valence-corrected chi connectivity index (χ1v) is 7.70. The zero-order valence-electron chi connectivity index (χ0n) is 12.3. The molecule has 1 saturated carbocycles. The van der Waals surface area contributed by atoms with E-state index in [0.29, 0.717) is 12.3 Å². The highest BCUT2D eigenvalue weighted by Crippen LogP contribution is 2.29. The minimum Gasteiger partial charge on any atom is -0.393 e. The Morgan fingerprint density at radius 3 is 2.79 bits per heavy atom. The lowest BCUT2D eigenvalue weighted by Gasteiger charge is -2.14. The van der Waals surface area contributed by atoms with Crippen LogP contribution in [0.5, 0.6) is 0 Å². The highest BCUT2D eigenvalue weighted by Gasteiger charge is 2.18. The van der Waals surface area contributed by atoms with Gasteiger partial charge in [0, 0.05) is 13.0 Å². The quantitative estimate of drug-likeness (QED) is 0.824. The number of aromatic nitrogens is 3. The number of hydrogen-bond acceptors (Lipinski definition) is 3. The second-order valence-corrected chi connectivity index (χ2v) is 6.34. The van der Waals surface area contributed by atoms with Crippen LogP contribution in [0.3, 0.4) is 0 Å². The molecule has 0 radical (unpaired) electrons. The van der Waals surface area contributed by atoms with E-state index in [4.69, 9.17) is 0 Å². The predicted octanol–water partition coefficient (Wildman–Crippen LogP) is 2.81. The van der Waals surface area contributed by atoms with Crippen LogP contribution in [0.4, 0.5) is 0 Å². The number of aliphatic hydroxyl groups is 1. The van der Waals surface area contributed by atoms with Crippen LogP contribution < -0.4 is 0 Å². The average molecular weight is 265 g/mol. The summed E-state index contributed by atoms with van der Waals surface area (Å²) in [4.78, 5) is 4.28. The van der Waals surface area contributed by atoms with Crippen molar-refractivity contribution in [3.8, 4) is 0 Å². The van der Waals surface area contributed by atoms with Crippen LogP contribution in [0, 0.1) is 11.8 Å². The molecule has 108 valence electrons. The maximum atomic E-state index is 10.2. The zero-order chi connectivity index (χ0) is 13.7. The van der Waals surface area contributed by atoms with Gasteiger partial charge in [-0.05, 0) is 24.7 Å². The van der Waals surface area contributed by atoms with Crippen molar-refractivity contribution in [1.29, 1.82) is 0 Å². The minimum atomic E-state index is -0.268. The summed E-state index contributed by atoms with van der Waals surface area (Å²) < 4.78 is 1.93. The molecule has 0 bridgehead atoms. The lowest BCUT2D eigenvalue weighted by atomic mass is 9.98. The molecule has 0 aromatic carbocycles. The van der Waals surface area contributed by atoms with Gasteiger partial charge in [0.1, 0.15) is 12.2 Å². The summed E-state index contributed by atoms with van der Waals surface area (Å²) in [6, 6.07) is 0. The van der Waals surface area contributed by atoms with E-state index in [9.17, 15) is 5.11 Å². The first-order chi connectivity index (χ1) is 9.15. The molecule has 19 heavy (non-hydrogen) atoms. The fourth-order valence-electron chi connectivity index (χ4n) is 2.98. The lowest BCUT2D eigenvalue weighted by Crippen LogP contribution is -2.18. The molecule has 1 aliphatic carbocycles. The summed E-state index contributed by atoms with van der Waals surface area (Å²) in [5, 5.41) is 14.4. The van der Waals surface area contributed by atoms with Crippen molar-refractivity contribution in [2.75, 3.05) is 0 Å². The molecule has 1 N–H and O–H groups in total. The van der Waals surface area contributed by atoms with E-state index in [1.165, 1.54) is 32.1 Å². The van der Waals surface area contributed by atoms with Crippen LogP contribution in [-0.2, 0) is 13.0 Å². The molecule has 1 atom stereocenters. The smallest absolute Gasteiger partial charge is 0.138 e. The summed E-state index contributed by atoms with van der Waals surface area (Å²) in [6.45, 7) is 5.22. The van der Waals surface area contributed by atoms with Crippen LogP contribution in [-0.4, -0.2) is 26.0 Å². The Morgan fingerprint density at radius 1 is 1.37 bits per heavy atom. The van der Waals surface area contributed by atoms with Gasteiger partial charge in [-0.3, -0.25) is 0 Å². The number of nitrogens with zero attached hydrogens (tertiary/aromatic N) is 3. The van der Waals surface area contributed by atoms with Crippen molar-refractivity contribution in [2.45, 2.75) is 71.4 Å². The molecule has 4 nitrogen and oxygen atoms in total. The molecule has 4 heteroatoms. The molecule has 0 amide bonds. The van der Waals surface area contributed by atoms with Gasteiger partial charge in [0.15, 0.2) is 0 Å². The molecule has 1 aromatic heterocycles. The molecule has 1 heterocycles. The Labute approximate surface area is 116 Å². The third-order valence-electron chi connectivity index (χ3n) is 4.03. The van der Waals surface area contributed by atoms with E-state index in [2.05, 4.69) is 23.9 Å². The molecule has 2 rings (SSSR count). The Bertz CT molecular complexity index is 369. The fourth-order valence-corrected chi connectivity index (χ4v) is 2.98. The summed E-state index contributed by atoms with van der Waals surface area (Å²) >= 11 is 0. The van der Waals surface area contributed by atoms with Gasteiger partial charge >= 0.3 is 0 Å². The SMILES string of the molecule is CC(C)Cn1ncnc1CC(O)CCC1CCCC1. The molecular formula is C15H27N3O. The molecular weight excluding hydrogens is 238 g/mol. The second kappa shape index (κ2) is 7.04. The van der Waals surface area contributed by atoms with Crippen LogP contribution in [0.1, 0.15) is 58.2 Å². The van der Waals surface area contributed by atoms with E-state index in [-0.39, 0.29) is 6.10 Å². The summed E-state index contributed by atoms with van der Waals surface area (Å²) in [7, 11) is 0. The molecule has 1 aliphatic rings. The van der Waals surface area contributed by atoms with Crippen LogP contribution in [0.2, 0.25) is 0 Å².